The van der Waals surface area contributed by atoms with Gasteiger partial charge in [0, 0.05) is 24.2 Å². The number of benzene rings is 1. The Morgan fingerprint density at radius 2 is 1.88 bits per heavy atom. The van der Waals surface area contributed by atoms with Crippen molar-refractivity contribution in [3.8, 4) is 5.75 Å². The Labute approximate surface area is 194 Å². The van der Waals surface area contributed by atoms with Crippen LogP contribution in [0.5, 0.6) is 5.75 Å². The van der Waals surface area contributed by atoms with Crippen molar-refractivity contribution in [3.63, 3.8) is 0 Å². The summed E-state index contributed by atoms with van der Waals surface area (Å²) in [7, 11) is 1.80. The average molecular weight is 481 g/mol. The van der Waals surface area contributed by atoms with Gasteiger partial charge in [0.15, 0.2) is 5.49 Å². The number of nitrogens with zero attached hydrogens (tertiary/aromatic N) is 3. The Balaban J connectivity index is 2.14. The van der Waals surface area contributed by atoms with Crippen LogP contribution >= 0.6 is 0 Å². The van der Waals surface area contributed by atoms with Gasteiger partial charge in [-0.2, -0.15) is 18.2 Å². The molecule has 0 unspecified atom stereocenters. The van der Waals surface area contributed by atoms with Crippen molar-refractivity contribution >= 4 is 5.91 Å². The van der Waals surface area contributed by atoms with Crippen LogP contribution in [0.3, 0.4) is 0 Å². The molecule has 0 fully saturated rings. The first-order valence-corrected chi connectivity index (χ1v) is 10.6. The molecule has 6 nitrogen and oxygen atoms in total. The Bertz CT molecular complexity index is 1210. The highest BCUT2D eigenvalue weighted by molar-refractivity contribution is 5.97. The molecule has 0 spiro atoms. The van der Waals surface area contributed by atoms with Crippen LogP contribution in [0.4, 0.5) is 17.6 Å². The first-order valence-electron chi connectivity index (χ1n) is 10.6. The predicted octanol–water partition coefficient (Wildman–Crippen LogP) is 5.26. The number of halogens is 4. The second kappa shape index (κ2) is 9.52. The Hall–Kier alpha value is -3.30. The fourth-order valence-corrected chi connectivity index (χ4v) is 3.47. The molecule has 10 heteroatoms. The first kappa shape index (κ1) is 25.3. The molecule has 3 aromatic rings. The summed E-state index contributed by atoms with van der Waals surface area (Å²) < 4.78 is 67.4. The van der Waals surface area contributed by atoms with Gasteiger partial charge in [-0.15, -0.1) is 0 Å². The lowest BCUT2D eigenvalue weighted by Crippen LogP contribution is -2.26. The molecule has 1 aromatic carbocycles. The normalized spacial score (nSPS) is 13.9. The van der Waals surface area contributed by atoms with Gasteiger partial charge in [-0.1, -0.05) is 20.8 Å². The number of hydrogen-bond acceptors (Lipinski definition) is 3. The van der Waals surface area contributed by atoms with Gasteiger partial charge in [0.2, 0.25) is 0 Å². The second-order valence-corrected chi connectivity index (χ2v) is 9.02. The number of carbonyl (C=O) groups excluding carboxylic acids is 1. The summed E-state index contributed by atoms with van der Waals surface area (Å²) >= 11 is 0. The zero-order valence-electron chi connectivity index (χ0n) is 19.6. The fourth-order valence-electron chi connectivity index (χ4n) is 3.47. The minimum atomic E-state index is -4.67. The quantitative estimate of drug-likeness (QED) is 0.451. The maximum absolute atomic E-state index is 13.3. The molecule has 34 heavy (non-hydrogen) atoms. The molecule has 0 saturated heterocycles. The molecule has 0 aliphatic carbocycles. The number of amides is 1. The number of furan rings is 1. The van der Waals surface area contributed by atoms with Crippen molar-refractivity contribution in [2.24, 2.45) is 12.0 Å². The van der Waals surface area contributed by atoms with E-state index in [1.54, 1.807) is 29.9 Å². The largest absolute Gasteiger partial charge is 0.490 e. The van der Waals surface area contributed by atoms with E-state index in [0.717, 1.165) is 17.8 Å². The van der Waals surface area contributed by atoms with Gasteiger partial charge < -0.3 is 9.15 Å². The molecule has 3 rings (SSSR count). The third kappa shape index (κ3) is 5.78. The van der Waals surface area contributed by atoms with E-state index in [1.165, 1.54) is 13.2 Å². The Morgan fingerprint density at radius 3 is 2.44 bits per heavy atom. The summed E-state index contributed by atoms with van der Waals surface area (Å²) in [4.78, 5) is 17.3. The van der Waals surface area contributed by atoms with Crippen molar-refractivity contribution in [1.29, 1.82) is 0 Å². The molecular formula is C24H27F4N3O3. The van der Waals surface area contributed by atoms with E-state index < -0.39 is 36.0 Å². The molecule has 0 saturated carbocycles. The molecule has 0 aliphatic rings. The van der Waals surface area contributed by atoms with Crippen molar-refractivity contribution in [3.05, 3.63) is 70.7 Å². The van der Waals surface area contributed by atoms with E-state index in [-0.39, 0.29) is 23.2 Å². The van der Waals surface area contributed by atoms with Crippen LogP contribution < -0.4 is 10.2 Å². The minimum Gasteiger partial charge on any atom is -0.490 e. The number of ether oxygens (including phenoxy) is 1. The maximum atomic E-state index is 13.3. The van der Waals surface area contributed by atoms with E-state index in [9.17, 15) is 22.4 Å². The van der Waals surface area contributed by atoms with Crippen LogP contribution in [0, 0.1) is 0 Å². The van der Waals surface area contributed by atoms with Crippen LogP contribution in [0.15, 0.2) is 52.1 Å². The highest BCUT2D eigenvalue weighted by Crippen LogP contribution is 2.33. The van der Waals surface area contributed by atoms with Gasteiger partial charge in [-0.05, 0) is 37.3 Å². The lowest BCUT2D eigenvalue weighted by molar-refractivity contribution is -0.137. The molecule has 184 valence electrons. The highest BCUT2D eigenvalue weighted by atomic mass is 19.4. The van der Waals surface area contributed by atoms with Crippen molar-refractivity contribution in [2.75, 3.05) is 6.61 Å². The number of rotatable bonds is 6. The van der Waals surface area contributed by atoms with Crippen LogP contribution in [0.2, 0.25) is 0 Å². The SMILES string of the molecule is C[C@@H](F)COc1ccc(C(F)(F)F)cc1C(=O)N=c1cc(C(C)(C)C)n(C)n1Cc1ccco1. The van der Waals surface area contributed by atoms with Gasteiger partial charge in [0.1, 0.15) is 24.3 Å². The molecular weight excluding hydrogens is 454 g/mol. The third-order valence-electron chi connectivity index (χ3n) is 5.12. The minimum absolute atomic E-state index is 0.171. The molecule has 0 radical (unpaired) electrons. The van der Waals surface area contributed by atoms with E-state index in [2.05, 4.69) is 4.99 Å². The molecule has 2 aromatic heterocycles. The van der Waals surface area contributed by atoms with Gasteiger partial charge in [0.05, 0.1) is 23.9 Å². The molecule has 0 N–H and O–H groups in total. The standard InChI is InChI=1S/C24H27F4N3O3/c1-15(25)14-34-19-9-8-16(24(26,27)28)11-18(19)22(32)29-21-12-20(23(2,3)4)30(5)31(21)13-17-7-6-10-33-17/h6-12,15H,13-14H2,1-5H3/t15-/m1/s1. The van der Waals surface area contributed by atoms with E-state index in [0.29, 0.717) is 11.8 Å². The van der Waals surface area contributed by atoms with E-state index >= 15 is 0 Å². The van der Waals surface area contributed by atoms with Gasteiger partial charge in [-0.3, -0.25) is 14.2 Å². The van der Waals surface area contributed by atoms with Gasteiger partial charge in [0.25, 0.3) is 5.91 Å². The summed E-state index contributed by atoms with van der Waals surface area (Å²) in [5.41, 5.74) is -0.661. The van der Waals surface area contributed by atoms with Crippen molar-refractivity contribution in [1.82, 2.24) is 9.36 Å². The molecule has 0 aliphatic heterocycles. The number of carbonyl (C=O) groups is 1. The van der Waals surface area contributed by atoms with Crippen molar-refractivity contribution < 1.29 is 31.5 Å². The zero-order chi connectivity index (χ0) is 25.3. The van der Waals surface area contributed by atoms with Crippen LogP contribution in [-0.4, -0.2) is 28.0 Å². The summed E-state index contributed by atoms with van der Waals surface area (Å²) in [5, 5.41) is 0. The first-order chi connectivity index (χ1) is 15.8. The van der Waals surface area contributed by atoms with E-state index in [1.807, 2.05) is 25.5 Å². The summed E-state index contributed by atoms with van der Waals surface area (Å²) in [6, 6.07) is 7.67. The fraction of sp³-hybridized carbons (Fsp3) is 0.417. The van der Waals surface area contributed by atoms with E-state index in [4.69, 9.17) is 9.15 Å². The number of hydrogen-bond donors (Lipinski definition) is 0. The number of alkyl halides is 4. The Morgan fingerprint density at radius 1 is 1.18 bits per heavy atom. The third-order valence-corrected chi connectivity index (χ3v) is 5.12. The molecule has 0 bridgehead atoms. The zero-order valence-corrected chi connectivity index (χ0v) is 19.6. The summed E-state index contributed by atoms with van der Waals surface area (Å²) in [6.45, 7) is 7.04. The Kier molecular flexibility index (Phi) is 7.09. The topological polar surface area (TPSA) is 61.7 Å². The van der Waals surface area contributed by atoms with Crippen molar-refractivity contribution in [2.45, 2.75) is 52.0 Å². The lowest BCUT2D eigenvalue weighted by atomic mass is 9.92. The van der Waals surface area contributed by atoms with Crippen LogP contribution in [0.1, 0.15) is 55.1 Å². The van der Waals surface area contributed by atoms with Gasteiger partial charge >= 0.3 is 6.18 Å². The van der Waals surface area contributed by atoms with Crippen LogP contribution in [-0.2, 0) is 25.2 Å². The van der Waals surface area contributed by atoms with Crippen LogP contribution in [0.25, 0.3) is 0 Å². The monoisotopic (exact) mass is 481 g/mol. The lowest BCUT2D eigenvalue weighted by Gasteiger charge is -2.20. The molecule has 1 atom stereocenters. The van der Waals surface area contributed by atoms with Gasteiger partial charge in [-0.25, -0.2) is 4.39 Å². The molecule has 2 heterocycles. The summed E-state index contributed by atoms with van der Waals surface area (Å²) in [6.07, 6.45) is -4.53. The molecule has 1 amide bonds. The summed E-state index contributed by atoms with van der Waals surface area (Å²) in [5.74, 6) is -0.502. The maximum Gasteiger partial charge on any atom is 0.416 e. The average Bonchev–Trinajstić information content (AvgIpc) is 3.34. The smallest absolute Gasteiger partial charge is 0.416 e. The number of aromatic nitrogens is 2. The highest BCUT2D eigenvalue weighted by Gasteiger charge is 2.32. The second-order valence-electron chi connectivity index (χ2n) is 9.02. The predicted molar refractivity (Wildman–Crippen MR) is 117 cm³/mol.